The molecule has 2 amide bonds. The molecule has 1 aromatic carbocycles. The Kier molecular flexibility index (Phi) is 5.98. The quantitative estimate of drug-likeness (QED) is 0.509. The number of sulfone groups is 1. The maximum absolute atomic E-state index is 12.9. The summed E-state index contributed by atoms with van der Waals surface area (Å²) in [6.07, 6.45) is 1.04. The second-order valence-corrected chi connectivity index (χ2v) is 11.6. The Balaban J connectivity index is 1.84. The first-order valence-electron chi connectivity index (χ1n) is 10.1. The summed E-state index contributed by atoms with van der Waals surface area (Å²) >= 11 is 0. The average molecular weight is 448 g/mol. The highest BCUT2D eigenvalue weighted by Gasteiger charge is 2.58. The number of hydrogen-bond donors (Lipinski definition) is 4. The van der Waals surface area contributed by atoms with Crippen LogP contribution in [-0.2, 0) is 14.6 Å². The van der Waals surface area contributed by atoms with Gasteiger partial charge < -0.3 is 21.5 Å². The Morgan fingerprint density at radius 2 is 1.84 bits per heavy atom. The summed E-state index contributed by atoms with van der Waals surface area (Å²) in [5, 5.41) is 14.1. The van der Waals surface area contributed by atoms with E-state index >= 15 is 0 Å². The number of nitrogens with two attached hydrogens (primary N) is 1. The van der Waals surface area contributed by atoms with E-state index in [0.717, 1.165) is 0 Å². The molecule has 1 heterocycles. The molecule has 1 fully saturated rings. The van der Waals surface area contributed by atoms with Crippen molar-refractivity contribution in [3.63, 3.8) is 0 Å². The minimum absolute atomic E-state index is 0.192. The fraction of sp³-hybridized carbons (Fsp3) is 0.476. The molecule has 0 atom stereocenters. The van der Waals surface area contributed by atoms with Crippen molar-refractivity contribution in [2.75, 3.05) is 17.7 Å². The van der Waals surface area contributed by atoms with Crippen molar-refractivity contribution in [3.05, 3.63) is 36.0 Å². The summed E-state index contributed by atoms with van der Waals surface area (Å²) in [6.45, 7) is 6.56. The molecule has 9 nitrogen and oxygen atoms in total. The summed E-state index contributed by atoms with van der Waals surface area (Å²) in [5.41, 5.74) is 6.85. The topological polar surface area (TPSA) is 147 Å². The summed E-state index contributed by atoms with van der Waals surface area (Å²) in [5.74, 6) is 0.538. The molecular formula is C21H29N5O4S. The zero-order chi connectivity index (χ0) is 23.0. The Morgan fingerprint density at radius 3 is 2.35 bits per heavy atom. The van der Waals surface area contributed by atoms with E-state index in [1.54, 1.807) is 58.0 Å². The number of aliphatic hydroxyl groups excluding tert-OH is 1. The molecule has 31 heavy (non-hydrogen) atoms. The summed E-state index contributed by atoms with van der Waals surface area (Å²) < 4.78 is 24.8. The fourth-order valence-electron chi connectivity index (χ4n) is 3.29. The van der Waals surface area contributed by atoms with Crippen molar-refractivity contribution in [3.8, 4) is 11.4 Å². The second-order valence-electron chi connectivity index (χ2n) is 8.79. The average Bonchev–Trinajstić information content (AvgIpc) is 3.50. The zero-order valence-electron chi connectivity index (χ0n) is 18.1. The number of carbonyl (C=O) groups excluding carboxylic acids is 1. The maximum Gasteiger partial charge on any atom is 0.319 e. The van der Waals surface area contributed by atoms with Gasteiger partial charge in [0.2, 0.25) is 0 Å². The Bertz CT molecular complexity index is 1080. The van der Waals surface area contributed by atoms with Crippen molar-refractivity contribution in [2.45, 2.75) is 56.1 Å². The Hall–Kier alpha value is -2.72. The molecule has 5 N–H and O–H groups in total. The van der Waals surface area contributed by atoms with Gasteiger partial charge in [0.25, 0.3) is 0 Å². The molecule has 1 saturated carbocycles. The van der Waals surface area contributed by atoms with Gasteiger partial charge in [-0.15, -0.1) is 0 Å². The van der Waals surface area contributed by atoms with Crippen molar-refractivity contribution in [2.24, 2.45) is 0 Å². The number of aromatic nitrogens is 2. The van der Waals surface area contributed by atoms with E-state index in [1.807, 2.05) is 0 Å². The molecule has 1 aliphatic rings. The van der Waals surface area contributed by atoms with E-state index in [0.29, 0.717) is 35.6 Å². The molecule has 0 radical (unpaired) electrons. The van der Waals surface area contributed by atoms with Crippen LogP contribution >= 0.6 is 0 Å². The summed E-state index contributed by atoms with van der Waals surface area (Å²) in [6, 6.07) is 7.92. The SMILES string of the molecule is CC(C)S(=O)(=O)C1(c2cc(N)nc(-c3ccc(NC(=O)NC(C)(C)CO)cc3)n2)CC1. The number of hydrogen-bond acceptors (Lipinski definition) is 7. The molecule has 0 spiro atoms. The smallest absolute Gasteiger partial charge is 0.319 e. The lowest BCUT2D eigenvalue weighted by atomic mass is 10.1. The normalized spacial score (nSPS) is 15.5. The molecule has 168 valence electrons. The number of aliphatic hydroxyl groups is 1. The minimum Gasteiger partial charge on any atom is -0.394 e. The van der Waals surface area contributed by atoms with Crippen LogP contribution in [0.25, 0.3) is 11.4 Å². The van der Waals surface area contributed by atoms with Gasteiger partial charge >= 0.3 is 6.03 Å². The van der Waals surface area contributed by atoms with Gasteiger partial charge in [0.15, 0.2) is 15.7 Å². The van der Waals surface area contributed by atoms with Gasteiger partial charge in [-0.25, -0.2) is 23.2 Å². The van der Waals surface area contributed by atoms with Crippen LogP contribution in [0.5, 0.6) is 0 Å². The van der Waals surface area contributed by atoms with Crippen LogP contribution in [-0.4, -0.2) is 46.9 Å². The van der Waals surface area contributed by atoms with Crippen LogP contribution < -0.4 is 16.4 Å². The van der Waals surface area contributed by atoms with E-state index in [9.17, 15) is 18.3 Å². The lowest BCUT2D eigenvalue weighted by Gasteiger charge is -2.23. The van der Waals surface area contributed by atoms with E-state index in [-0.39, 0.29) is 12.4 Å². The van der Waals surface area contributed by atoms with Crippen LogP contribution in [0.4, 0.5) is 16.3 Å². The number of amides is 2. The minimum atomic E-state index is -3.39. The molecule has 0 bridgehead atoms. The number of rotatable bonds is 7. The van der Waals surface area contributed by atoms with Crippen LogP contribution in [0.2, 0.25) is 0 Å². The van der Waals surface area contributed by atoms with Gasteiger partial charge in [-0.2, -0.15) is 0 Å². The zero-order valence-corrected chi connectivity index (χ0v) is 19.0. The first kappa shape index (κ1) is 23.0. The van der Waals surface area contributed by atoms with Crippen LogP contribution in [0, 0.1) is 0 Å². The van der Waals surface area contributed by atoms with E-state index < -0.39 is 31.4 Å². The number of nitrogen functional groups attached to an aromatic ring is 1. The Labute approximate surface area is 182 Å². The third-order valence-corrected chi connectivity index (χ3v) is 8.28. The first-order chi connectivity index (χ1) is 14.4. The largest absolute Gasteiger partial charge is 0.394 e. The number of nitrogens with zero attached hydrogens (tertiary/aromatic N) is 2. The number of anilines is 2. The molecule has 2 aromatic rings. The predicted molar refractivity (Wildman–Crippen MR) is 120 cm³/mol. The molecular weight excluding hydrogens is 418 g/mol. The lowest BCUT2D eigenvalue weighted by Crippen LogP contribution is -2.48. The number of benzene rings is 1. The molecule has 0 unspecified atom stereocenters. The molecule has 0 saturated heterocycles. The molecule has 1 aromatic heterocycles. The van der Waals surface area contributed by atoms with Crippen molar-refractivity contribution in [1.29, 1.82) is 0 Å². The van der Waals surface area contributed by atoms with Gasteiger partial charge in [-0.1, -0.05) is 0 Å². The van der Waals surface area contributed by atoms with E-state index in [4.69, 9.17) is 5.73 Å². The predicted octanol–water partition coefficient (Wildman–Crippen LogP) is 2.43. The number of urea groups is 1. The third-order valence-electron chi connectivity index (χ3n) is 5.33. The maximum atomic E-state index is 12.9. The molecule has 0 aliphatic heterocycles. The van der Waals surface area contributed by atoms with E-state index in [1.165, 1.54) is 0 Å². The van der Waals surface area contributed by atoms with E-state index in [2.05, 4.69) is 20.6 Å². The highest BCUT2D eigenvalue weighted by atomic mass is 32.2. The molecule has 3 rings (SSSR count). The summed E-state index contributed by atoms with van der Waals surface area (Å²) in [7, 11) is -3.39. The highest BCUT2D eigenvalue weighted by molar-refractivity contribution is 7.93. The van der Waals surface area contributed by atoms with Gasteiger partial charge in [0.05, 0.1) is 23.1 Å². The first-order valence-corrected chi connectivity index (χ1v) is 11.6. The molecule has 10 heteroatoms. The second kappa shape index (κ2) is 8.08. The summed E-state index contributed by atoms with van der Waals surface area (Å²) in [4.78, 5) is 20.9. The third kappa shape index (κ3) is 4.64. The van der Waals surface area contributed by atoms with Crippen LogP contribution in [0.3, 0.4) is 0 Å². The molecule has 1 aliphatic carbocycles. The Morgan fingerprint density at radius 1 is 1.23 bits per heavy atom. The van der Waals surface area contributed by atoms with Crippen LogP contribution in [0.1, 0.15) is 46.2 Å². The van der Waals surface area contributed by atoms with Crippen molar-refractivity contribution >= 4 is 27.4 Å². The van der Waals surface area contributed by atoms with Gasteiger partial charge in [0, 0.05) is 17.3 Å². The highest BCUT2D eigenvalue weighted by Crippen LogP contribution is 2.54. The van der Waals surface area contributed by atoms with Gasteiger partial charge in [0.1, 0.15) is 10.6 Å². The number of nitrogens with one attached hydrogen (secondary N) is 2. The van der Waals surface area contributed by atoms with Crippen molar-refractivity contribution < 1.29 is 18.3 Å². The lowest BCUT2D eigenvalue weighted by molar-refractivity contribution is 0.187. The fourth-order valence-corrected chi connectivity index (χ4v) is 5.26. The number of carbonyl (C=O) groups is 1. The standard InChI is InChI=1S/C21H29N5O4S/c1-13(2)31(29,30)21(9-10-21)16-11-17(22)25-18(24-16)14-5-7-15(8-6-14)23-19(28)26-20(3,4)12-27/h5-8,11,13,27H,9-10,12H2,1-4H3,(H2,22,24,25)(H2,23,26,28). The van der Waals surface area contributed by atoms with Crippen LogP contribution in [0.15, 0.2) is 30.3 Å². The van der Waals surface area contributed by atoms with Crippen molar-refractivity contribution in [1.82, 2.24) is 15.3 Å². The van der Waals surface area contributed by atoms with Gasteiger partial charge in [-0.3, -0.25) is 0 Å². The van der Waals surface area contributed by atoms with Gasteiger partial charge in [-0.05, 0) is 64.8 Å². The monoisotopic (exact) mass is 447 g/mol.